The number of carboxylic acid groups (broad SMARTS) is 2. The number of hydrogen-bond acceptors (Lipinski definition) is 10. The van der Waals surface area contributed by atoms with Gasteiger partial charge in [-0.25, -0.2) is 14.6 Å². The van der Waals surface area contributed by atoms with Crippen LogP contribution in [0.5, 0.6) is 5.75 Å². The predicted molar refractivity (Wildman–Crippen MR) is 154 cm³/mol. The molecular formula is C29H35N5O11. The van der Waals surface area contributed by atoms with Gasteiger partial charge in [0.05, 0.1) is 18.7 Å². The van der Waals surface area contributed by atoms with Gasteiger partial charge in [-0.15, -0.1) is 0 Å². The highest BCUT2D eigenvalue weighted by Crippen LogP contribution is 2.27. The number of nitrogens with zero attached hydrogens (tertiary/aromatic N) is 4. The van der Waals surface area contributed by atoms with E-state index >= 15 is 0 Å². The summed E-state index contributed by atoms with van der Waals surface area (Å²) < 4.78 is 10.6. The standard InChI is InChI=1S/C29H35N5O11/c1-16-3-4-18-20(11-16)30-21(13-23(18)45-15-24(36)34-14-17(35)12-22(34)28(41)44-2)26(39)31-19(5-6-25(37)38)27(40)32-7-9-33(10-8-32)29(42)43/h3-4,11,13,17,19,22,35H,5-10,12,14-15H2,1-2H3,(H,31,39)(H,37,38)(H,42,43). The first kappa shape index (κ1) is 32.9. The summed E-state index contributed by atoms with van der Waals surface area (Å²) in [6.07, 6.45) is -2.62. The lowest BCUT2D eigenvalue weighted by molar-refractivity contribution is -0.151. The average molecular weight is 630 g/mol. The summed E-state index contributed by atoms with van der Waals surface area (Å²) in [6, 6.07) is 4.27. The molecule has 45 heavy (non-hydrogen) atoms. The van der Waals surface area contributed by atoms with Crippen molar-refractivity contribution in [3.8, 4) is 5.75 Å². The summed E-state index contributed by atoms with van der Waals surface area (Å²) >= 11 is 0. The number of rotatable bonds is 10. The number of hydrogen-bond donors (Lipinski definition) is 4. The summed E-state index contributed by atoms with van der Waals surface area (Å²) in [5.41, 5.74) is 1.01. The zero-order valence-electron chi connectivity index (χ0n) is 24.8. The quantitative estimate of drug-likeness (QED) is 0.252. The van der Waals surface area contributed by atoms with Crippen LogP contribution in [0.25, 0.3) is 10.9 Å². The summed E-state index contributed by atoms with van der Waals surface area (Å²) in [5.74, 6) is -3.66. The van der Waals surface area contributed by atoms with Crippen molar-refractivity contribution in [1.29, 1.82) is 0 Å². The van der Waals surface area contributed by atoms with Crippen LogP contribution in [0.15, 0.2) is 24.3 Å². The number of benzene rings is 1. The number of carbonyl (C=O) groups is 6. The average Bonchev–Trinajstić information content (AvgIpc) is 3.42. The van der Waals surface area contributed by atoms with E-state index in [4.69, 9.17) is 9.47 Å². The number of aromatic nitrogens is 1. The fourth-order valence-electron chi connectivity index (χ4n) is 5.31. The number of carboxylic acids is 1. The first-order valence-corrected chi connectivity index (χ1v) is 14.3. The topological polar surface area (TPSA) is 216 Å². The van der Waals surface area contributed by atoms with E-state index < -0.39 is 67.0 Å². The van der Waals surface area contributed by atoms with Crippen LogP contribution >= 0.6 is 0 Å². The maximum atomic E-state index is 13.5. The molecule has 4 rings (SSSR count). The zero-order chi connectivity index (χ0) is 32.8. The van der Waals surface area contributed by atoms with Crippen LogP contribution in [0.4, 0.5) is 4.79 Å². The number of pyridine rings is 1. The van der Waals surface area contributed by atoms with Gasteiger partial charge < -0.3 is 44.8 Å². The van der Waals surface area contributed by atoms with Crippen LogP contribution < -0.4 is 10.1 Å². The summed E-state index contributed by atoms with van der Waals surface area (Å²) in [6.45, 7) is 1.50. The van der Waals surface area contributed by atoms with Crippen molar-refractivity contribution in [2.75, 3.05) is 46.4 Å². The molecule has 2 aliphatic rings. The van der Waals surface area contributed by atoms with E-state index in [0.717, 1.165) is 10.5 Å². The Balaban J connectivity index is 1.55. The van der Waals surface area contributed by atoms with Crippen LogP contribution in [0.2, 0.25) is 0 Å². The fraction of sp³-hybridized carbons (Fsp3) is 0.483. The second-order valence-electron chi connectivity index (χ2n) is 10.8. The lowest BCUT2D eigenvalue weighted by Crippen LogP contribution is -2.55. The fourth-order valence-corrected chi connectivity index (χ4v) is 5.31. The molecule has 16 nitrogen and oxygen atoms in total. The third-order valence-electron chi connectivity index (χ3n) is 7.70. The van der Waals surface area contributed by atoms with Gasteiger partial charge in [-0.05, 0) is 31.0 Å². The molecule has 4 N–H and O–H groups in total. The molecule has 3 unspecified atom stereocenters. The largest absolute Gasteiger partial charge is 0.483 e. The molecule has 242 valence electrons. The van der Waals surface area contributed by atoms with E-state index in [2.05, 4.69) is 10.3 Å². The Morgan fingerprint density at radius 1 is 1.04 bits per heavy atom. The normalized spacial score (nSPS) is 18.8. The van der Waals surface area contributed by atoms with Gasteiger partial charge in [-0.1, -0.05) is 6.07 Å². The van der Waals surface area contributed by atoms with Crippen molar-refractivity contribution in [2.45, 2.75) is 44.4 Å². The molecule has 0 aliphatic carbocycles. The van der Waals surface area contributed by atoms with Crippen LogP contribution in [0.1, 0.15) is 35.3 Å². The number of ether oxygens (including phenoxy) is 2. The Morgan fingerprint density at radius 3 is 2.38 bits per heavy atom. The van der Waals surface area contributed by atoms with Crippen molar-refractivity contribution in [1.82, 2.24) is 25.0 Å². The molecule has 0 bridgehead atoms. The first-order chi connectivity index (χ1) is 21.4. The molecule has 1 aromatic heterocycles. The van der Waals surface area contributed by atoms with Crippen LogP contribution in [-0.4, -0.2) is 135 Å². The Kier molecular flexibility index (Phi) is 10.4. The Bertz CT molecular complexity index is 1490. The third kappa shape index (κ3) is 7.94. The maximum Gasteiger partial charge on any atom is 0.407 e. The van der Waals surface area contributed by atoms with Gasteiger partial charge in [0.25, 0.3) is 11.8 Å². The zero-order valence-corrected chi connectivity index (χ0v) is 24.8. The molecule has 3 heterocycles. The minimum atomic E-state index is -1.23. The molecule has 2 aliphatic heterocycles. The van der Waals surface area contributed by atoms with Gasteiger partial charge in [0.15, 0.2) is 6.61 Å². The number of aliphatic carboxylic acids is 1. The van der Waals surface area contributed by atoms with Gasteiger partial charge >= 0.3 is 18.0 Å². The SMILES string of the molecule is COC(=O)C1CC(O)CN1C(=O)COc1cc(C(=O)NC(CCC(=O)O)C(=O)N2CCN(C(=O)O)CC2)nc2cc(C)ccc12. The predicted octanol–water partition coefficient (Wildman–Crippen LogP) is -0.158. The number of aliphatic hydroxyl groups is 1. The molecule has 2 aromatic rings. The number of fused-ring (bicyclic) bond motifs is 1. The summed E-state index contributed by atoms with van der Waals surface area (Å²) in [5, 5.41) is 31.5. The van der Waals surface area contributed by atoms with Crippen LogP contribution in [0, 0.1) is 6.92 Å². The molecule has 2 saturated heterocycles. The minimum Gasteiger partial charge on any atom is -0.483 e. The van der Waals surface area contributed by atoms with Gasteiger partial charge in [-0.3, -0.25) is 19.2 Å². The second-order valence-corrected chi connectivity index (χ2v) is 10.8. The molecule has 3 atom stereocenters. The highest BCUT2D eigenvalue weighted by Gasteiger charge is 2.40. The van der Waals surface area contributed by atoms with E-state index in [1.165, 1.54) is 23.0 Å². The van der Waals surface area contributed by atoms with Gasteiger partial charge in [-0.2, -0.15) is 0 Å². The lowest BCUT2D eigenvalue weighted by Gasteiger charge is -2.35. The smallest absolute Gasteiger partial charge is 0.407 e. The summed E-state index contributed by atoms with van der Waals surface area (Å²) in [4.78, 5) is 82.6. The van der Waals surface area contributed by atoms with E-state index in [1.54, 1.807) is 18.2 Å². The van der Waals surface area contributed by atoms with Gasteiger partial charge in [0.1, 0.15) is 23.5 Å². The maximum absolute atomic E-state index is 13.5. The number of amides is 4. The molecule has 0 radical (unpaired) electrons. The number of nitrogens with one attached hydrogen (secondary N) is 1. The molecule has 0 spiro atoms. The molecular weight excluding hydrogens is 594 g/mol. The molecule has 1 aromatic carbocycles. The second kappa shape index (κ2) is 14.2. The molecule has 16 heteroatoms. The number of β-amino-alcohol motifs (C(OH)–C–C–N with tert-alkyl or cyclic N) is 1. The highest BCUT2D eigenvalue weighted by atomic mass is 16.5. The van der Waals surface area contributed by atoms with Crippen molar-refractivity contribution < 1.29 is 53.6 Å². The number of carbonyl (C=O) groups excluding carboxylic acids is 4. The number of aliphatic hydroxyl groups excluding tert-OH is 1. The molecule has 4 amide bonds. The minimum absolute atomic E-state index is 0.0250. The van der Waals surface area contributed by atoms with Crippen LogP contribution in [-0.2, 0) is 23.9 Å². The third-order valence-corrected chi connectivity index (χ3v) is 7.70. The van der Waals surface area contributed by atoms with E-state index in [9.17, 15) is 44.1 Å². The van der Waals surface area contributed by atoms with Gasteiger partial charge in [0.2, 0.25) is 5.91 Å². The number of esters is 1. The monoisotopic (exact) mass is 629 g/mol. The highest BCUT2D eigenvalue weighted by molar-refractivity contribution is 5.99. The number of aryl methyl sites for hydroxylation is 1. The number of piperazine rings is 1. The van der Waals surface area contributed by atoms with Crippen molar-refractivity contribution >= 4 is 46.7 Å². The molecule has 0 saturated carbocycles. The van der Waals surface area contributed by atoms with Crippen molar-refractivity contribution in [3.63, 3.8) is 0 Å². The number of likely N-dealkylation sites (tertiary alicyclic amines) is 1. The van der Waals surface area contributed by atoms with Crippen LogP contribution in [0.3, 0.4) is 0 Å². The lowest BCUT2D eigenvalue weighted by atomic mass is 10.1. The summed E-state index contributed by atoms with van der Waals surface area (Å²) in [7, 11) is 1.18. The Morgan fingerprint density at radius 2 is 1.73 bits per heavy atom. The van der Waals surface area contributed by atoms with Gasteiger partial charge in [0, 0.05) is 57.0 Å². The molecule has 2 fully saturated rings. The van der Waals surface area contributed by atoms with Crippen molar-refractivity contribution in [3.05, 3.63) is 35.5 Å². The first-order valence-electron chi connectivity index (χ1n) is 14.3. The number of methoxy groups -OCH3 is 1. The van der Waals surface area contributed by atoms with E-state index in [1.807, 2.05) is 6.92 Å². The van der Waals surface area contributed by atoms with Crippen molar-refractivity contribution in [2.24, 2.45) is 0 Å². The van der Waals surface area contributed by atoms with E-state index in [0.29, 0.717) is 10.9 Å². The van der Waals surface area contributed by atoms with E-state index in [-0.39, 0.29) is 57.0 Å². The Hall–Kier alpha value is -4.99. The Labute approximate surface area is 257 Å².